The van der Waals surface area contributed by atoms with Crippen LogP contribution in [-0.4, -0.2) is 21.1 Å². The van der Waals surface area contributed by atoms with Gasteiger partial charge in [-0.25, -0.2) is 13.0 Å². The molecule has 19 heavy (non-hydrogen) atoms. The number of hydrogen-bond donors (Lipinski definition) is 1. The molecule has 0 spiro atoms. The molecule has 0 heterocycles. The Hall–Kier alpha value is -1.41. The Balaban J connectivity index is 2.96. The zero-order valence-electron chi connectivity index (χ0n) is 9.59. The Morgan fingerprint density at radius 1 is 1.16 bits per heavy atom. The van der Waals surface area contributed by atoms with Gasteiger partial charge in [0.1, 0.15) is 0 Å². The minimum atomic E-state index is -2.08. The zero-order chi connectivity index (χ0) is 14.6. The molecule has 0 saturated heterocycles. The predicted molar refractivity (Wildman–Crippen MR) is 62.1 cm³/mol. The summed E-state index contributed by atoms with van der Waals surface area (Å²) in [6.07, 6.45) is 0.643. The second-order valence-corrected chi connectivity index (χ2v) is 4.48. The molecule has 3 nitrogen and oxygen atoms in total. The van der Waals surface area contributed by atoms with Crippen molar-refractivity contribution in [3.63, 3.8) is 0 Å². The zero-order valence-corrected chi connectivity index (χ0v) is 10.4. The van der Waals surface area contributed by atoms with E-state index in [2.05, 4.69) is 11.3 Å². The van der Waals surface area contributed by atoms with E-state index in [1.54, 1.807) is 0 Å². The van der Waals surface area contributed by atoms with E-state index < -0.39 is 45.7 Å². The predicted octanol–water partition coefficient (Wildman–Crippen LogP) is 2.88. The standard InChI is InChI=1S/C11H10F4O3S/c1-2-6-7(12)9(14)11(10(15)8(6)13)18-4-3-5-19(16)17/h2H,1,3-5H2,(H,16,17). The van der Waals surface area contributed by atoms with Crippen molar-refractivity contribution in [3.05, 3.63) is 35.4 Å². The van der Waals surface area contributed by atoms with Gasteiger partial charge in [0.15, 0.2) is 28.5 Å². The smallest absolute Gasteiger partial charge is 0.204 e. The van der Waals surface area contributed by atoms with Crippen molar-refractivity contribution in [2.45, 2.75) is 6.42 Å². The Morgan fingerprint density at radius 3 is 2.11 bits per heavy atom. The maximum absolute atomic E-state index is 13.4. The third-order valence-corrected chi connectivity index (χ3v) is 2.81. The first-order valence-electron chi connectivity index (χ1n) is 5.08. The largest absolute Gasteiger partial charge is 0.487 e. The second kappa shape index (κ2) is 6.67. The van der Waals surface area contributed by atoms with Crippen molar-refractivity contribution in [1.82, 2.24) is 0 Å². The fraction of sp³-hybridized carbons (Fsp3) is 0.273. The molecule has 0 fully saturated rings. The van der Waals surface area contributed by atoms with Gasteiger partial charge in [0.05, 0.1) is 17.9 Å². The van der Waals surface area contributed by atoms with Gasteiger partial charge >= 0.3 is 0 Å². The molecule has 0 aliphatic carbocycles. The van der Waals surface area contributed by atoms with Crippen LogP contribution in [0.2, 0.25) is 0 Å². The lowest BCUT2D eigenvalue weighted by Crippen LogP contribution is -2.09. The van der Waals surface area contributed by atoms with Gasteiger partial charge in [0, 0.05) is 0 Å². The highest BCUT2D eigenvalue weighted by molar-refractivity contribution is 7.79. The lowest BCUT2D eigenvalue weighted by Gasteiger charge is -2.11. The van der Waals surface area contributed by atoms with E-state index in [1.807, 2.05) is 0 Å². The molecule has 1 N–H and O–H groups in total. The summed E-state index contributed by atoms with van der Waals surface area (Å²) in [6, 6.07) is 0. The average Bonchev–Trinajstić information content (AvgIpc) is 2.36. The quantitative estimate of drug-likeness (QED) is 0.380. The van der Waals surface area contributed by atoms with Crippen molar-refractivity contribution in [1.29, 1.82) is 0 Å². The lowest BCUT2D eigenvalue weighted by atomic mass is 10.1. The highest BCUT2D eigenvalue weighted by atomic mass is 32.2. The van der Waals surface area contributed by atoms with Crippen LogP contribution in [0.15, 0.2) is 6.58 Å². The van der Waals surface area contributed by atoms with Crippen molar-refractivity contribution >= 4 is 17.2 Å². The van der Waals surface area contributed by atoms with Crippen molar-refractivity contribution in [3.8, 4) is 5.75 Å². The summed E-state index contributed by atoms with van der Waals surface area (Å²) >= 11 is -2.08. The summed E-state index contributed by atoms with van der Waals surface area (Å²) in [5.74, 6) is -7.91. The monoisotopic (exact) mass is 298 g/mol. The molecule has 1 aromatic carbocycles. The maximum Gasteiger partial charge on any atom is 0.204 e. The fourth-order valence-corrected chi connectivity index (χ4v) is 1.66. The van der Waals surface area contributed by atoms with Crippen LogP contribution in [0.3, 0.4) is 0 Å². The molecule has 8 heteroatoms. The van der Waals surface area contributed by atoms with Crippen LogP contribution in [0.4, 0.5) is 17.6 Å². The molecule has 0 radical (unpaired) electrons. The van der Waals surface area contributed by atoms with Crippen LogP contribution in [-0.2, 0) is 11.1 Å². The summed E-state index contributed by atoms with van der Waals surface area (Å²) in [4.78, 5) is 0. The molecule has 1 unspecified atom stereocenters. The molecule has 0 aliphatic heterocycles. The number of hydrogen-bond acceptors (Lipinski definition) is 2. The first kappa shape index (κ1) is 15.6. The average molecular weight is 298 g/mol. The summed E-state index contributed by atoms with van der Waals surface area (Å²) in [5.41, 5.74) is -0.918. The third kappa shape index (κ3) is 3.54. The van der Waals surface area contributed by atoms with Gasteiger partial charge in [0.25, 0.3) is 0 Å². The molecule has 1 rings (SSSR count). The topological polar surface area (TPSA) is 46.5 Å². The Morgan fingerprint density at radius 2 is 1.68 bits per heavy atom. The first-order chi connectivity index (χ1) is 8.90. The molecular weight excluding hydrogens is 288 g/mol. The lowest BCUT2D eigenvalue weighted by molar-refractivity contribution is 0.271. The van der Waals surface area contributed by atoms with Gasteiger partial charge < -0.3 is 9.29 Å². The van der Waals surface area contributed by atoms with Crippen molar-refractivity contribution in [2.75, 3.05) is 12.4 Å². The van der Waals surface area contributed by atoms with E-state index in [4.69, 9.17) is 4.55 Å². The normalized spacial score (nSPS) is 12.3. The summed E-state index contributed by atoms with van der Waals surface area (Å²) in [7, 11) is 0. The molecule has 0 aromatic heterocycles. The summed E-state index contributed by atoms with van der Waals surface area (Å²) in [5, 5.41) is 0. The van der Waals surface area contributed by atoms with E-state index in [9.17, 15) is 21.8 Å². The first-order valence-corrected chi connectivity index (χ1v) is 6.36. The second-order valence-electron chi connectivity index (χ2n) is 3.43. The molecule has 0 saturated carbocycles. The summed E-state index contributed by atoms with van der Waals surface area (Å²) in [6.45, 7) is 2.69. The number of ether oxygens (including phenoxy) is 1. The minimum absolute atomic E-state index is 0.00552. The molecule has 106 valence electrons. The number of halogens is 4. The van der Waals surface area contributed by atoms with Crippen LogP contribution in [0.25, 0.3) is 6.08 Å². The molecule has 1 aromatic rings. The molecular formula is C11H10F4O3S. The SMILES string of the molecule is C=Cc1c(F)c(F)c(OCCCS(=O)O)c(F)c1F. The van der Waals surface area contributed by atoms with E-state index in [1.165, 1.54) is 0 Å². The van der Waals surface area contributed by atoms with Crippen LogP contribution in [0.1, 0.15) is 12.0 Å². The van der Waals surface area contributed by atoms with E-state index in [-0.39, 0.29) is 18.8 Å². The highest BCUT2D eigenvalue weighted by Crippen LogP contribution is 2.30. The van der Waals surface area contributed by atoms with E-state index in [0.29, 0.717) is 6.08 Å². The van der Waals surface area contributed by atoms with E-state index in [0.717, 1.165) is 0 Å². The van der Waals surface area contributed by atoms with Crippen LogP contribution >= 0.6 is 0 Å². The number of rotatable bonds is 6. The molecule has 0 bridgehead atoms. The fourth-order valence-electron chi connectivity index (χ4n) is 1.29. The van der Waals surface area contributed by atoms with Gasteiger partial charge in [-0.3, -0.25) is 0 Å². The Bertz CT molecular complexity index is 490. The minimum Gasteiger partial charge on any atom is -0.487 e. The molecule has 1 atom stereocenters. The Labute approximate surface area is 109 Å². The molecule has 0 aliphatic rings. The number of benzene rings is 1. The van der Waals surface area contributed by atoms with Gasteiger partial charge in [-0.2, -0.15) is 8.78 Å². The van der Waals surface area contributed by atoms with Crippen LogP contribution < -0.4 is 4.74 Å². The van der Waals surface area contributed by atoms with E-state index >= 15 is 0 Å². The van der Waals surface area contributed by atoms with Gasteiger partial charge in [-0.1, -0.05) is 12.7 Å². The van der Waals surface area contributed by atoms with Crippen molar-refractivity contribution < 1.29 is 31.1 Å². The summed E-state index contributed by atoms with van der Waals surface area (Å²) < 4.78 is 76.8. The van der Waals surface area contributed by atoms with Crippen LogP contribution in [0.5, 0.6) is 5.75 Å². The van der Waals surface area contributed by atoms with Gasteiger partial charge in [-0.05, 0) is 6.42 Å². The molecule has 0 amide bonds. The van der Waals surface area contributed by atoms with Gasteiger partial charge in [0.2, 0.25) is 11.6 Å². The Kier molecular flexibility index (Phi) is 5.49. The van der Waals surface area contributed by atoms with Gasteiger partial charge in [-0.15, -0.1) is 0 Å². The van der Waals surface area contributed by atoms with Crippen LogP contribution in [0, 0.1) is 23.3 Å². The maximum atomic E-state index is 13.4. The third-order valence-electron chi connectivity index (χ3n) is 2.17. The van der Waals surface area contributed by atoms with Crippen molar-refractivity contribution in [2.24, 2.45) is 0 Å². The highest BCUT2D eigenvalue weighted by Gasteiger charge is 2.25.